The monoisotopic (exact) mass is 245 g/mol. The Labute approximate surface area is 112 Å². The zero-order chi connectivity index (χ0) is 13.0. The van der Waals surface area contributed by atoms with Gasteiger partial charge in [-0.05, 0) is 62.1 Å². The van der Waals surface area contributed by atoms with Crippen molar-refractivity contribution in [2.24, 2.45) is 5.92 Å². The molecule has 0 heterocycles. The van der Waals surface area contributed by atoms with Crippen molar-refractivity contribution in [1.29, 1.82) is 0 Å². The molecule has 1 aromatic carbocycles. The number of hydrogen-bond donors (Lipinski definition) is 1. The molecule has 0 amide bonds. The second-order valence-corrected chi connectivity index (χ2v) is 5.88. The number of nitrogens with one attached hydrogen (secondary N) is 1. The summed E-state index contributed by atoms with van der Waals surface area (Å²) in [5, 5.41) is 3.76. The Hall–Kier alpha value is -0.820. The summed E-state index contributed by atoms with van der Waals surface area (Å²) in [6.45, 7) is 7.81. The summed E-state index contributed by atoms with van der Waals surface area (Å²) >= 11 is 0. The van der Waals surface area contributed by atoms with Crippen molar-refractivity contribution in [3.8, 4) is 0 Å². The van der Waals surface area contributed by atoms with Crippen molar-refractivity contribution in [3.05, 3.63) is 34.9 Å². The molecular formula is C17H27N. The van der Waals surface area contributed by atoms with Crippen LogP contribution in [0.25, 0.3) is 0 Å². The van der Waals surface area contributed by atoms with E-state index in [4.69, 9.17) is 0 Å². The molecule has 0 aliphatic heterocycles. The molecule has 1 heteroatoms. The molecule has 0 saturated heterocycles. The molecule has 0 spiro atoms. The minimum absolute atomic E-state index is 0.742. The highest BCUT2D eigenvalue weighted by atomic mass is 14.9. The molecule has 0 radical (unpaired) electrons. The number of benzene rings is 1. The lowest BCUT2D eigenvalue weighted by Crippen LogP contribution is -2.33. The van der Waals surface area contributed by atoms with Gasteiger partial charge in [-0.2, -0.15) is 0 Å². The van der Waals surface area contributed by atoms with E-state index in [1.165, 1.54) is 48.8 Å². The van der Waals surface area contributed by atoms with Crippen molar-refractivity contribution in [1.82, 2.24) is 5.32 Å². The molecule has 1 N–H and O–H groups in total. The quantitative estimate of drug-likeness (QED) is 0.831. The van der Waals surface area contributed by atoms with Crippen LogP contribution in [-0.2, 0) is 6.54 Å². The van der Waals surface area contributed by atoms with Gasteiger partial charge in [-0.3, -0.25) is 0 Å². The predicted octanol–water partition coefficient (Wildman–Crippen LogP) is 4.36. The Morgan fingerprint density at radius 1 is 1.06 bits per heavy atom. The van der Waals surface area contributed by atoms with Gasteiger partial charge >= 0.3 is 0 Å². The fourth-order valence-corrected chi connectivity index (χ4v) is 3.15. The molecule has 1 aromatic rings. The molecule has 100 valence electrons. The Morgan fingerprint density at radius 3 is 2.22 bits per heavy atom. The van der Waals surface area contributed by atoms with Crippen LogP contribution in [0.15, 0.2) is 18.2 Å². The van der Waals surface area contributed by atoms with Crippen molar-refractivity contribution in [3.63, 3.8) is 0 Å². The molecule has 1 fully saturated rings. The van der Waals surface area contributed by atoms with E-state index in [2.05, 4.69) is 44.3 Å². The molecular weight excluding hydrogens is 218 g/mol. The highest BCUT2D eigenvalue weighted by Gasteiger charge is 2.19. The molecule has 1 saturated carbocycles. The van der Waals surface area contributed by atoms with Crippen molar-refractivity contribution >= 4 is 0 Å². The lowest BCUT2D eigenvalue weighted by Gasteiger charge is -2.29. The van der Waals surface area contributed by atoms with E-state index in [1.54, 1.807) is 0 Å². The molecule has 0 unspecified atom stereocenters. The smallest absolute Gasteiger partial charge is 0.0213 e. The largest absolute Gasteiger partial charge is 0.310 e. The molecule has 0 aromatic heterocycles. The minimum atomic E-state index is 0.742. The zero-order valence-electron chi connectivity index (χ0n) is 12.1. The fraction of sp³-hybridized carbons (Fsp3) is 0.647. The Bertz CT molecular complexity index is 355. The van der Waals surface area contributed by atoms with Gasteiger partial charge in [-0.1, -0.05) is 31.5 Å². The first kappa shape index (κ1) is 13.6. The average Bonchev–Trinajstić information content (AvgIpc) is 2.39. The number of aryl methyl sites for hydroxylation is 2. The van der Waals surface area contributed by atoms with Gasteiger partial charge in [-0.15, -0.1) is 0 Å². The first-order valence-electron chi connectivity index (χ1n) is 7.49. The summed E-state index contributed by atoms with van der Waals surface area (Å²) < 4.78 is 0. The molecule has 0 atom stereocenters. The summed E-state index contributed by atoms with van der Waals surface area (Å²) in [6.07, 6.45) is 6.93. The van der Waals surface area contributed by atoms with E-state index < -0.39 is 0 Å². The summed E-state index contributed by atoms with van der Waals surface area (Å²) in [7, 11) is 0. The van der Waals surface area contributed by atoms with E-state index in [-0.39, 0.29) is 0 Å². The van der Waals surface area contributed by atoms with Gasteiger partial charge < -0.3 is 5.32 Å². The number of rotatable bonds is 4. The van der Waals surface area contributed by atoms with Gasteiger partial charge in [0.15, 0.2) is 0 Å². The molecule has 1 nitrogen and oxygen atoms in total. The maximum absolute atomic E-state index is 3.76. The summed E-state index contributed by atoms with van der Waals surface area (Å²) in [5.74, 6) is 0.989. The Morgan fingerprint density at radius 2 is 1.67 bits per heavy atom. The molecule has 18 heavy (non-hydrogen) atoms. The van der Waals surface area contributed by atoms with Crippen LogP contribution < -0.4 is 5.32 Å². The van der Waals surface area contributed by atoms with E-state index in [0.29, 0.717) is 0 Å². The topological polar surface area (TPSA) is 12.0 Å². The fourth-order valence-electron chi connectivity index (χ4n) is 3.15. The van der Waals surface area contributed by atoms with E-state index >= 15 is 0 Å². The van der Waals surface area contributed by atoms with Crippen molar-refractivity contribution in [2.45, 2.75) is 65.5 Å². The molecule has 0 bridgehead atoms. The Balaban J connectivity index is 1.85. The van der Waals surface area contributed by atoms with E-state index in [9.17, 15) is 0 Å². The lowest BCUT2D eigenvalue weighted by molar-refractivity contribution is 0.285. The van der Waals surface area contributed by atoms with E-state index in [0.717, 1.165) is 18.5 Å². The normalized spacial score (nSPS) is 24.2. The van der Waals surface area contributed by atoms with Crippen LogP contribution in [0.5, 0.6) is 0 Å². The van der Waals surface area contributed by atoms with Gasteiger partial charge in [0.25, 0.3) is 0 Å². The predicted molar refractivity (Wildman–Crippen MR) is 78.8 cm³/mol. The minimum Gasteiger partial charge on any atom is -0.310 e. The second-order valence-electron chi connectivity index (χ2n) is 5.88. The Kier molecular flexibility index (Phi) is 4.82. The second kappa shape index (κ2) is 6.38. The zero-order valence-corrected chi connectivity index (χ0v) is 12.1. The van der Waals surface area contributed by atoms with Crippen LogP contribution in [0.3, 0.4) is 0 Å². The highest BCUT2D eigenvalue weighted by Crippen LogP contribution is 2.26. The van der Waals surface area contributed by atoms with E-state index in [1.807, 2.05) is 0 Å². The summed E-state index contributed by atoms with van der Waals surface area (Å²) in [6, 6.07) is 7.34. The van der Waals surface area contributed by atoms with Gasteiger partial charge in [0, 0.05) is 12.6 Å². The average molecular weight is 245 g/mol. The maximum atomic E-state index is 3.76. The first-order valence-corrected chi connectivity index (χ1v) is 7.49. The highest BCUT2D eigenvalue weighted by molar-refractivity contribution is 5.33. The molecule has 1 aliphatic carbocycles. The van der Waals surface area contributed by atoms with Gasteiger partial charge in [-0.25, -0.2) is 0 Å². The van der Waals surface area contributed by atoms with Crippen LogP contribution >= 0.6 is 0 Å². The van der Waals surface area contributed by atoms with Crippen molar-refractivity contribution < 1.29 is 0 Å². The SMILES string of the molecule is CCC1CCC(NCc2c(C)cccc2C)CC1. The molecule has 2 rings (SSSR count). The molecule has 1 aliphatic rings. The van der Waals surface area contributed by atoms with Crippen LogP contribution in [0, 0.1) is 19.8 Å². The first-order chi connectivity index (χ1) is 8.70. The van der Waals surface area contributed by atoms with Crippen LogP contribution in [0.1, 0.15) is 55.7 Å². The lowest BCUT2D eigenvalue weighted by atomic mass is 9.84. The summed E-state index contributed by atoms with van der Waals surface area (Å²) in [5.41, 5.74) is 4.34. The van der Waals surface area contributed by atoms with Gasteiger partial charge in [0.2, 0.25) is 0 Å². The third kappa shape index (κ3) is 3.35. The van der Waals surface area contributed by atoms with Crippen LogP contribution in [0.4, 0.5) is 0 Å². The van der Waals surface area contributed by atoms with Crippen LogP contribution in [0.2, 0.25) is 0 Å². The van der Waals surface area contributed by atoms with Gasteiger partial charge in [0.1, 0.15) is 0 Å². The number of hydrogen-bond acceptors (Lipinski definition) is 1. The third-order valence-electron chi connectivity index (χ3n) is 4.64. The van der Waals surface area contributed by atoms with Crippen molar-refractivity contribution in [2.75, 3.05) is 0 Å². The summed E-state index contributed by atoms with van der Waals surface area (Å²) in [4.78, 5) is 0. The standard InChI is InChI=1S/C17H27N/c1-4-15-8-10-16(11-9-15)18-12-17-13(2)6-5-7-14(17)3/h5-7,15-16,18H,4,8-12H2,1-3H3. The van der Waals surface area contributed by atoms with Gasteiger partial charge in [0.05, 0.1) is 0 Å². The van der Waals surface area contributed by atoms with Crippen LogP contribution in [-0.4, -0.2) is 6.04 Å². The maximum Gasteiger partial charge on any atom is 0.0213 e. The third-order valence-corrected chi connectivity index (χ3v) is 4.64.